The maximum absolute atomic E-state index is 13.2. The lowest BCUT2D eigenvalue weighted by Gasteiger charge is -2.31. The van der Waals surface area contributed by atoms with Crippen LogP contribution in [0.15, 0.2) is 48.5 Å². The molecule has 0 aromatic heterocycles. The number of carbonyl (C=O) groups excluding carboxylic acids is 2. The third kappa shape index (κ3) is 6.20. The minimum Gasteiger partial charge on any atom is -0.322 e. The quantitative estimate of drug-likeness (QED) is 0.610. The van der Waals surface area contributed by atoms with E-state index in [4.69, 9.17) is 28.5 Å². The maximum atomic E-state index is 13.2. The lowest BCUT2D eigenvalue weighted by atomic mass is 10.2. The number of benzene rings is 2. The van der Waals surface area contributed by atoms with Crippen LogP contribution in [0.3, 0.4) is 0 Å². The van der Waals surface area contributed by atoms with Gasteiger partial charge in [0.25, 0.3) is 0 Å². The summed E-state index contributed by atoms with van der Waals surface area (Å²) >= 11 is 12.2. The molecule has 0 bridgehead atoms. The molecule has 6 nitrogen and oxygen atoms in total. The zero-order chi connectivity index (χ0) is 22.1. The molecule has 1 atom stereocenters. The van der Waals surface area contributed by atoms with Crippen LogP contribution in [-0.2, 0) is 9.59 Å². The minimum absolute atomic E-state index is 0.00810. The van der Waals surface area contributed by atoms with Gasteiger partial charge in [0, 0.05) is 12.2 Å². The Balaban J connectivity index is 2.13. The van der Waals surface area contributed by atoms with Crippen molar-refractivity contribution in [2.75, 3.05) is 29.9 Å². The monoisotopic (exact) mass is 446 g/mol. The van der Waals surface area contributed by atoms with Crippen LogP contribution >= 0.6 is 23.2 Å². The Hall–Kier alpha value is -2.59. The van der Waals surface area contributed by atoms with E-state index in [0.29, 0.717) is 28.0 Å². The normalized spacial score (nSPS) is 11.6. The van der Waals surface area contributed by atoms with E-state index in [1.807, 2.05) is 37.3 Å². The molecule has 2 aromatic rings. The predicted octanol–water partition coefficient (Wildman–Crippen LogP) is 4.59. The van der Waals surface area contributed by atoms with Gasteiger partial charge in [-0.05, 0) is 37.7 Å². The fraction of sp³-hybridized carbons (Fsp3) is 0.318. The summed E-state index contributed by atoms with van der Waals surface area (Å²) in [5.74, 6) is -0.503. The van der Waals surface area contributed by atoms with Crippen LogP contribution in [0, 0.1) is 11.3 Å². The van der Waals surface area contributed by atoms with Crippen molar-refractivity contribution in [3.63, 3.8) is 0 Å². The molecule has 2 aromatic carbocycles. The highest BCUT2D eigenvalue weighted by molar-refractivity contribution is 6.39. The van der Waals surface area contributed by atoms with Crippen molar-refractivity contribution in [2.24, 2.45) is 0 Å². The smallest absolute Gasteiger partial charge is 0.244 e. The zero-order valence-electron chi connectivity index (χ0n) is 16.9. The van der Waals surface area contributed by atoms with Gasteiger partial charge in [-0.1, -0.05) is 54.4 Å². The number of hydrogen-bond donors (Lipinski definition) is 1. The van der Waals surface area contributed by atoms with Crippen LogP contribution in [0.4, 0.5) is 11.4 Å². The van der Waals surface area contributed by atoms with Crippen molar-refractivity contribution in [1.29, 1.82) is 5.26 Å². The fourth-order valence-corrected chi connectivity index (χ4v) is 3.51. The molecule has 0 heterocycles. The molecule has 8 heteroatoms. The van der Waals surface area contributed by atoms with Gasteiger partial charge < -0.3 is 10.2 Å². The second-order valence-electron chi connectivity index (χ2n) is 6.62. The fourth-order valence-electron chi connectivity index (χ4n) is 3.02. The molecule has 2 rings (SSSR count). The number of hydrogen-bond acceptors (Lipinski definition) is 4. The van der Waals surface area contributed by atoms with Crippen LogP contribution < -0.4 is 10.2 Å². The van der Waals surface area contributed by atoms with E-state index in [9.17, 15) is 9.59 Å². The number of nitrogens with zero attached hydrogens (tertiary/aromatic N) is 3. The van der Waals surface area contributed by atoms with Crippen LogP contribution in [0.25, 0.3) is 0 Å². The molecule has 2 amide bonds. The molecule has 158 valence electrons. The molecule has 1 N–H and O–H groups in total. The van der Waals surface area contributed by atoms with E-state index in [1.165, 1.54) is 0 Å². The van der Waals surface area contributed by atoms with Crippen molar-refractivity contribution in [3.05, 3.63) is 58.6 Å². The molecule has 0 aliphatic carbocycles. The van der Waals surface area contributed by atoms with Crippen molar-refractivity contribution in [3.8, 4) is 6.07 Å². The number of anilines is 2. The van der Waals surface area contributed by atoms with Gasteiger partial charge in [-0.3, -0.25) is 14.5 Å². The van der Waals surface area contributed by atoms with Crippen molar-refractivity contribution >= 4 is 46.4 Å². The number of para-hydroxylation sites is 2. The van der Waals surface area contributed by atoms with Gasteiger partial charge in [0.2, 0.25) is 11.8 Å². The maximum Gasteiger partial charge on any atom is 0.244 e. The Kier molecular flexibility index (Phi) is 9.13. The highest BCUT2D eigenvalue weighted by Gasteiger charge is 2.27. The third-order valence-corrected chi connectivity index (χ3v) is 5.30. The van der Waals surface area contributed by atoms with Crippen molar-refractivity contribution in [1.82, 2.24) is 4.90 Å². The topological polar surface area (TPSA) is 76.4 Å². The summed E-state index contributed by atoms with van der Waals surface area (Å²) in [6.45, 7) is 4.39. The summed E-state index contributed by atoms with van der Waals surface area (Å²) in [5.41, 5.74) is 1.06. The molecule has 0 fully saturated rings. The summed E-state index contributed by atoms with van der Waals surface area (Å²) in [4.78, 5) is 29.1. The average molecular weight is 447 g/mol. The van der Waals surface area contributed by atoms with Gasteiger partial charge in [0.15, 0.2) is 0 Å². The van der Waals surface area contributed by atoms with Gasteiger partial charge in [-0.2, -0.15) is 5.26 Å². The van der Waals surface area contributed by atoms with Gasteiger partial charge in [-0.25, -0.2) is 0 Å². The summed E-state index contributed by atoms with van der Waals surface area (Å²) in [6.07, 6.45) is 0.213. The lowest BCUT2D eigenvalue weighted by molar-refractivity contribution is -0.125. The van der Waals surface area contributed by atoms with E-state index < -0.39 is 6.04 Å². The second kappa shape index (κ2) is 11.6. The SMILES string of the molecule is CCN(CC(=O)Nc1c(Cl)cccc1Cl)C(C)C(=O)N(CCC#N)c1ccccc1. The van der Waals surface area contributed by atoms with Crippen LogP contribution in [0.1, 0.15) is 20.3 Å². The van der Waals surface area contributed by atoms with Gasteiger partial charge in [0.1, 0.15) is 0 Å². The number of halogens is 2. The van der Waals surface area contributed by atoms with Gasteiger partial charge in [0.05, 0.1) is 40.8 Å². The number of nitriles is 1. The number of rotatable bonds is 9. The molecular formula is C22H24Cl2N4O2. The van der Waals surface area contributed by atoms with Crippen molar-refractivity contribution in [2.45, 2.75) is 26.3 Å². The Labute approximate surface area is 187 Å². The summed E-state index contributed by atoms with van der Waals surface area (Å²) in [7, 11) is 0. The first-order valence-corrected chi connectivity index (χ1v) is 10.4. The number of likely N-dealkylation sites (N-methyl/N-ethyl adjacent to an activating group) is 1. The molecule has 30 heavy (non-hydrogen) atoms. The van der Waals surface area contributed by atoms with Crippen LogP contribution in [0.5, 0.6) is 0 Å². The molecule has 0 saturated carbocycles. The van der Waals surface area contributed by atoms with E-state index in [2.05, 4.69) is 11.4 Å². The molecular weight excluding hydrogens is 423 g/mol. The number of carbonyl (C=O) groups is 2. The van der Waals surface area contributed by atoms with E-state index >= 15 is 0 Å². The summed E-state index contributed by atoms with van der Waals surface area (Å²) in [5, 5.41) is 12.4. The first-order chi connectivity index (χ1) is 14.4. The van der Waals surface area contributed by atoms with E-state index in [0.717, 1.165) is 0 Å². The standard InChI is InChI=1S/C22H24Cl2N4O2/c1-3-27(15-20(29)26-21-18(23)11-7-12-19(21)24)16(2)22(30)28(14-8-13-25)17-9-5-4-6-10-17/h4-7,9-12,16H,3,8,14-15H2,1-2H3,(H,26,29). The molecule has 0 spiro atoms. The highest BCUT2D eigenvalue weighted by Crippen LogP contribution is 2.29. The summed E-state index contributed by atoms with van der Waals surface area (Å²) in [6, 6.07) is 15.7. The first-order valence-electron chi connectivity index (χ1n) is 9.60. The molecule has 0 aliphatic heterocycles. The molecule has 1 unspecified atom stereocenters. The predicted molar refractivity (Wildman–Crippen MR) is 121 cm³/mol. The zero-order valence-corrected chi connectivity index (χ0v) is 18.5. The van der Waals surface area contributed by atoms with E-state index in [1.54, 1.807) is 34.9 Å². The molecule has 0 aliphatic rings. The van der Waals surface area contributed by atoms with Crippen LogP contribution in [-0.4, -0.2) is 42.4 Å². The molecule has 0 radical (unpaired) electrons. The Bertz CT molecular complexity index is 895. The van der Waals surface area contributed by atoms with E-state index in [-0.39, 0.29) is 31.3 Å². The number of amides is 2. The van der Waals surface area contributed by atoms with Crippen LogP contribution in [0.2, 0.25) is 10.0 Å². The first kappa shape index (κ1) is 23.7. The Morgan fingerprint density at radius 1 is 1.10 bits per heavy atom. The third-order valence-electron chi connectivity index (χ3n) is 4.67. The Morgan fingerprint density at radius 2 is 1.73 bits per heavy atom. The van der Waals surface area contributed by atoms with Gasteiger partial charge in [-0.15, -0.1) is 0 Å². The molecule has 0 saturated heterocycles. The number of nitrogens with one attached hydrogen (secondary N) is 1. The average Bonchev–Trinajstić information content (AvgIpc) is 2.75. The van der Waals surface area contributed by atoms with Gasteiger partial charge >= 0.3 is 0 Å². The highest BCUT2D eigenvalue weighted by atomic mass is 35.5. The summed E-state index contributed by atoms with van der Waals surface area (Å²) < 4.78 is 0. The Morgan fingerprint density at radius 3 is 2.30 bits per heavy atom. The minimum atomic E-state index is -0.568. The van der Waals surface area contributed by atoms with Crippen molar-refractivity contribution < 1.29 is 9.59 Å². The largest absolute Gasteiger partial charge is 0.322 e. The second-order valence-corrected chi connectivity index (χ2v) is 7.43. The lowest BCUT2D eigenvalue weighted by Crippen LogP contribution is -2.49.